The molecule has 2 amide bonds. The van der Waals surface area contributed by atoms with Crippen LogP contribution in [-0.2, 0) is 7.05 Å². The Morgan fingerprint density at radius 1 is 1.29 bits per heavy atom. The number of aryl methyl sites for hydroxylation is 2. The fourth-order valence-electron chi connectivity index (χ4n) is 2.43. The van der Waals surface area contributed by atoms with E-state index in [9.17, 15) is 9.59 Å². The summed E-state index contributed by atoms with van der Waals surface area (Å²) < 4.78 is 1.66. The normalized spacial score (nSPS) is 10.8. The smallest absolute Gasteiger partial charge is 0.257 e. The van der Waals surface area contributed by atoms with Crippen LogP contribution < -0.4 is 11.1 Å². The lowest BCUT2D eigenvalue weighted by Gasteiger charge is -2.07. The van der Waals surface area contributed by atoms with Gasteiger partial charge in [-0.2, -0.15) is 5.10 Å². The lowest BCUT2D eigenvalue weighted by atomic mass is 10.1. The molecule has 0 radical (unpaired) electrons. The maximum Gasteiger partial charge on any atom is 0.257 e. The fraction of sp³-hybridized carbons (Fsp3) is 0.125. The zero-order valence-electron chi connectivity index (χ0n) is 13.0. The van der Waals surface area contributed by atoms with E-state index in [1.807, 2.05) is 6.92 Å². The minimum atomic E-state index is -0.662. The minimum Gasteiger partial charge on any atom is -0.366 e. The lowest BCUT2D eigenvalue weighted by Crippen LogP contribution is -2.15. The number of nitrogens with zero attached hydrogens (tertiary/aromatic N) is 3. The Labute approximate surface area is 142 Å². The van der Waals surface area contributed by atoms with Gasteiger partial charge in [0, 0.05) is 24.3 Å². The number of halogens is 1. The van der Waals surface area contributed by atoms with E-state index in [0.29, 0.717) is 16.9 Å². The molecule has 0 saturated heterocycles. The zero-order valence-corrected chi connectivity index (χ0v) is 13.8. The molecule has 7 nitrogen and oxygen atoms in total. The Kier molecular flexibility index (Phi) is 3.94. The molecule has 0 unspecified atom stereocenters. The van der Waals surface area contributed by atoms with Crippen molar-refractivity contribution in [1.82, 2.24) is 14.8 Å². The molecule has 0 fully saturated rings. The average molecular weight is 344 g/mol. The van der Waals surface area contributed by atoms with E-state index < -0.39 is 5.91 Å². The van der Waals surface area contributed by atoms with Gasteiger partial charge in [0.1, 0.15) is 0 Å². The van der Waals surface area contributed by atoms with Crippen molar-refractivity contribution in [2.75, 3.05) is 5.32 Å². The summed E-state index contributed by atoms with van der Waals surface area (Å²) in [5, 5.41) is 8.01. The van der Waals surface area contributed by atoms with E-state index in [1.165, 1.54) is 18.3 Å². The summed E-state index contributed by atoms with van der Waals surface area (Å²) in [6.45, 7) is 1.85. The summed E-state index contributed by atoms with van der Waals surface area (Å²) in [6.07, 6.45) is 1.48. The molecule has 3 rings (SSSR count). The van der Waals surface area contributed by atoms with E-state index in [1.54, 1.807) is 23.9 Å². The summed E-state index contributed by atoms with van der Waals surface area (Å²) in [6, 6.07) is 6.26. The van der Waals surface area contributed by atoms with Crippen molar-refractivity contribution in [3.05, 3.63) is 52.3 Å². The largest absolute Gasteiger partial charge is 0.366 e. The van der Waals surface area contributed by atoms with E-state index in [-0.39, 0.29) is 16.5 Å². The Hall–Kier alpha value is -2.93. The third-order valence-electron chi connectivity index (χ3n) is 3.61. The molecule has 122 valence electrons. The first-order chi connectivity index (χ1) is 11.4. The second kappa shape index (κ2) is 5.93. The van der Waals surface area contributed by atoms with E-state index in [2.05, 4.69) is 15.4 Å². The third-order valence-corrected chi connectivity index (χ3v) is 3.94. The number of benzene rings is 1. The first kappa shape index (κ1) is 15.9. The van der Waals surface area contributed by atoms with Crippen LogP contribution in [0.1, 0.15) is 26.4 Å². The summed E-state index contributed by atoms with van der Waals surface area (Å²) in [5.41, 5.74) is 7.69. The molecule has 2 aromatic heterocycles. The molecule has 0 saturated carbocycles. The molecule has 3 N–H and O–H groups in total. The number of nitrogens with one attached hydrogen (secondary N) is 1. The quantitative estimate of drug-likeness (QED) is 0.761. The second-order valence-corrected chi connectivity index (χ2v) is 5.72. The summed E-state index contributed by atoms with van der Waals surface area (Å²) in [5.74, 6) is -1.02. The Bertz CT molecular complexity index is 980. The number of carbonyl (C=O) groups excluding carboxylic acids is 2. The van der Waals surface area contributed by atoms with Crippen molar-refractivity contribution in [3.63, 3.8) is 0 Å². The van der Waals surface area contributed by atoms with Crippen LogP contribution >= 0.6 is 11.6 Å². The highest BCUT2D eigenvalue weighted by molar-refractivity contribution is 6.34. The van der Waals surface area contributed by atoms with Gasteiger partial charge in [-0.25, -0.2) is 4.98 Å². The number of anilines is 1. The molecule has 3 aromatic rings. The molecule has 0 atom stereocenters. The number of amides is 2. The first-order valence-electron chi connectivity index (χ1n) is 7.07. The zero-order chi connectivity index (χ0) is 17.4. The number of carbonyl (C=O) groups is 2. The average Bonchev–Trinajstić information content (AvgIpc) is 2.83. The number of rotatable bonds is 3. The van der Waals surface area contributed by atoms with Crippen molar-refractivity contribution in [3.8, 4) is 0 Å². The van der Waals surface area contributed by atoms with Gasteiger partial charge in [0.05, 0.1) is 21.8 Å². The maximum atomic E-state index is 12.4. The van der Waals surface area contributed by atoms with E-state index in [4.69, 9.17) is 17.3 Å². The van der Waals surface area contributed by atoms with Crippen LogP contribution in [0, 0.1) is 6.92 Å². The van der Waals surface area contributed by atoms with Crippen LogP contribution in [0.2, 0.25) is 5.02 Å². The number of aromatic nitrogens is 3. The van der Waals surface area contributed by atoms with Crippen molar-refractivity contribution in [1.29, 1.82) is 0 Å². The second-order valence-electron chi connectivity index (χ2n) is 5.32. The summed E-state index contributed by atoms with van der Waals surface area (Å²) >= 11 is 5.90. The van der Waals surface area contributed by atoms with Gasteiger partial charge in [-0.1, -0.05) is 11.6 Å². The highest BCUT2D eigenvalue weighted by Crippen LogP contribution is 2.21. The Morgan fingerprint density at radius 3 is 2.75 bits per heavy atom. The Morgan fingerprint density at radius 2 is 2.04 bits per heavy atom. The van der Waals surface area contributed by atoms with Gasteiger partial charge >= 0.3 is 0 Å². The van der Waals surface area contributed by atoms with Gasteiger partial charge in [0.2, 0.25) is 5.91 Å². The van der Waals surface area contributed by atoms with Gasteiger partial charge in [-0.05, 0) is 31.2 Å². The summed E-state index contributed by atoms with van der Waals surface area (Å²) in [4.78, 5) is 28.0. The lowest BCUT2D eigenvalue weighted by molar-refractivity contribution is 0.0996. The molecule has 24 heavy (non-hydrogen) atoms. The highest BCUT2D eigenvalue weighted by Gasteiger charge is 2.13. The number of hydrogen-bond donors (Lipinski definition) is 2. The number of hydrogen-bond acceptors (Lipinski definition) is 4. The molecule has 2 heterocycles. The number of nitrogens with two attached hydrogens (primary N) is 1. The minimum absolute atomic E-state index is 0.145. The SMILES string of the molecule is Cc1nn(C)c2ncc(C(=O)Nc3ccc(Cl)c(C(N)=O)c3)cc12. The monoisotopic (exact) mass is 343 g/mol. The third kappa shape index (κ3) is 2.81. The Balaban J connectivity index is 1.91. The molecule has 0 aliphatic heterocycles. The van der Waals surface area contributed by atoms with Crippen molar-refractivity contribution in [2.45, 2.75) is 6.92 Å². The fourth-order valence-corrected chi connectivity index (χ4v) is 2.64. The van der Waals surface area contributed by atoms with Gasteiger partial charge < -0.3 is 11.1 Å². The molecule has 0 spiro atoms. The number of primary amides is 1. The molecule has 0 aliphatic carbocycles. The van der Waals surface area contributed by atoms with Gasteiger partial charge in [0.25, 0.3) is 5.91 Å². The molecular formula is C16H14ClN5O2. The predicted octanol–water partition coefficient (Wildman–Crippen LogP) is 2.28. The highest BCUT2D eigenvalue weighted by atomic mass is 35.5. The molecule has 0 bridgehead atoms. The van der Waals surface area contributed by atoms with Crippen LogP contribution in [0.25, 0.3) is 11.0 Å². The predicted molar refractivity (Wildman–Crippen MR) is 91.2 cm³/mol. The molecular weight excluding hydrogens is 330 g/mol. The molecule has 0 aliphatic rings. The maximum absolute atomic E-state index is 12.4. The number of fused-ring (bicyclic) bond motifs is 1. The van der Waals surface area contributed by atoms with E-state index in [0.717, 1.165) is 11.1 Å². The van der Waals surface area contributed by atoms with Gasteiger partial charge in [0.15, 0.2) is 5.65 Å². The van der Waals surface area contributed by atoms with E-state index >= 15 is 0 Å². The van der Waals surface area contributed by atoms with Crippen molar-refractivity contribution in [2.24, 2.45) is 12.8 Å². The molecule has 8 heteroatoms. The van der Waals surface area contributed by atoms with Crippen LogP contribution in [0.4, 0.5) is 5.69 Å². The summed E-state index contributed by atoms with van der Waals surface area (Å²) in [7, 11) is 1.79. The first-order valence-corrected chi connectivity index (χ1v) is 7.44. The van der Waals surface area contributed by atoms with Gasteiger partial charge in [-0.15, -0.1) is 0 Å². The van der Waals surface area contributed by atoms with Gasteiger partial charge in [-0.3, -0.25) is 14.3 Å². The van der Waals surface area contributed by atoms with Crippen LogP contribution in [0.15, 0.2) is 30.5 Å². The van der Waals surface area contributed by atoms with Crippen molar-refractivity contribution < 1.29 is 9.59 Å². The topological polar surface area (TPSA) is 103 Å². The van der Waals surface area contributed by atoms with Crippen LogP contribution in [-0.4, -0.2) is 26.6 Å². The van der Waals surface area contributed by atoms with Crippen LogP contribution in [0.5, 0.6) is 0 Å². The number of pyridine rings is 1. The van der Waals surface area contributed by atoms with Crippen molar-refractivity contribution >= 4 is 40.1 Å². The standard InChI is InChI=1S/C16H14ClN5O2/c1-8-11-5-9(7-19-15(11)22(2)21-8)16(24)20-10-3-4-13(17)12(6-10)14(18)23/h3-7H,1-2H3,(H2,18,23)(H,20,24). The molecule has 1 aromatic carbocycles. The van der Waals surface area contributed by atoms with Crippen LogP contribution in [0.3, 0.4) is 0 Å².